The Morgan fingerprint density at radius 2 is 1.52 bits per heavy atom. The predicted molar refractivity (Wildman–Crippen MR) is 98.6 cm³/mol. The molecular formula is C19H28N2O4. The van der Waals surface area contributed by atoms with Crippen LogP contribution >= 0.6 is 0 Å². The van der Waals surface area contributed by atoms with Crippen LogP contribution in [0, 0.1) is 0 Å². The maximum Gasteiger partial charge on any atom is 0.157 e. The molecule has 0 fully saturated rings. The number of rotatable bonds is 6. The normalized spacial score (nSPS) is 14.1. The number of phenolic OH excluding ortho intramolecular Hbond substituents is 2. The highest BCUT2D eigenvalue weighted by Crippen LogP contribution is 2.27. The maximum atomic E-state index is 9.73. The van der Waals surface area contributed by atoms with E-state index in [0.29, 0.717) is 12.1 Å². The van der Waals surface area contributed by atoms with Gasteiger partial charge in [0, 0.05) is 12.6 Å². The first-order chi connectivity index (χ1) is 11.9. The lowest BCUT2D eigenvalue weighted by molar-refractivity contribution is 0.140. The van der Waals surface area contributed by atoms with E-state index in [9.17, 15) is 10.2 Å². The Bertz CT molecular complexity index is 622. The maximum absolute atomic E-state index is 9.73. The molecule has 0 saturated heterocycles. The predicted octanol–water partition coefficient (Wildman–Crippen LogP) is 1.68. The molecule has 0 radical (unpaired) electrons. The fourth-order valence-corrected chi connectivity index (χ4v) is 2.16. The number of nitrogens with one attached hydrogen (secondary N) is 2. The highest BCUT2D eigenvalue weighted by atomic mass is 16.3. The third-order valence-electron chi connectivity index (χ3n) is 3.85. The number of aliphatic hydroxyl groups is 2. The van der Waals surface area contributed by atoms with Crippen molar-refractivity contribution in [2.75, 3.05) is 20.6 Å². The lowest BCUT2D eigenvalue weighted by atomic mass is 10.0. The second-order valence-electron chi connectivity index (χ2n) is 5.75. The molecule has 0 amide bonds. The quantitative estimate of drug-likeness (QED) is 0.444. The van der Waals surface area contributed by atoms with Crippen molar-refractivity contribution in [2.45, 2.75) is 25.2 Å². The number of phenols is 2. The fraction of sp³-hybridized carbons (Fsp3) is 0.368. The van der Waals surface area contributed by atoms with E-state index in [2.05, 4.69) is 10.6 Å². The summed E-state index contributed by atoms with van der Waals surface area (Å²) in [7, 11) is 3.57. The second kappa shape index (κ2) is 10.7. The Labute approximate surface area is 148 Å². The summed E-state index contributed by atoms with van der Waals surface area (Å²) >= 11 is 0. The zero-order valence-electron chi connectivity index (χ0n) is 14.8. The van der Waals surface area contributed by atoms with Crippen molar-refractivity contribution < 1.29 is 20.4 Å². The van der Waals surface area contributed by atoms with Crippen molar-refractivity contribution in [3.63, 3.8) is 0 Å². The van der Waals surface area contributed by atoms with E-state index in [4.69, 9.17) is 10.2 Å². The van der Waals surface area contributed by atoms with Gasteiger partial charge in [-0.05, 0) is 44.3 Å². The van der Waals surface area contributed by atoms with Crippen LogP contribution in [0.4, 0.5) is 0 Å². The van der Waals surface area contributed by atoms with Crippen molar-refractivity contribution in [3.8, 4) is 11.5 Å². The van der Waals surface area contributed by atoms with E-state index in [1.54, 1.807) is 13.1 Å². The standard InChI is InChI=1S/C10H15NO.C9H13NO3/c1-8(11-2)10(12)9-6-4-3-5-7-9;1-10-5-9(13)6-2-3-7(11)8(12)4-6/h3-8,10-12H,1-2H3;2-4,9-13H,5H2,1H3/t8-,10-;9-/m00/s1. The van der Waals surface area contributed by atoms with Gasteiger partial charge in [0.2, 0.25) is 0 Å². The average molecular weight is 348 g/mol. The number of hydrogen-bond donors (Lipinski definition) is 6. The van der Waals surface area contributed by atoms with E-state index >= 15 is 0 Å². The molecule has 25 heavy (non-hydrogen) atoms. The molecule has 0 heterocycles. The Morgan fingerprint density at radius 3 is 2.04 bits per heavy atom. The van der Waals surface area contributed by atoms with Gasteiger partial charge in [-0.25, -0.2) is 0 Å². The van der Waals surface area contributed by atoms with Gasteiger partial charge in [-0.2, -0.15) is 0 Å². The van der Waals surface area contributed by atoms with Crippen LogP contribution in [-0.4, -0.2) is 47.1 Å². The summed E-state index contributed by atoms with van der Waals surface area (Å²) in [5.41, 5.74) is 1.53. The van der Waals surface area contributed by atoms with E-state index in [1.807, 2.05) is 44.3 Å². The monoisotopic (exact) mass is 348 g/mol. The SMILES string of the molecule is CNC[C@H](O)c1ccc(O)c(O)c1.CN[C@@H](C)[C@H](O)c1ccccc1. The minimum atomic E-state index is -0.670. The largest absolute Gasteiger partial charge is 0.504 e. The zero-order chi connectivity index (χ0) is 18.8. The molecule has 6 N–H and O–H groups in total. The van der Waals surface area contributed by atoms with Crippen LogP contribution in [0.1, 0.15) is 30.3 Å². The molecule has 0 bridgehead atoms. The Hall–Kier alpha value is -2.12. The highest BCUT2D eigenvalue weighted by molar-refractivity contribution is 5.41. The van der Waals surface area contributed by atoms with Crippen LogP contribution in [0.5, 0.6) is 11.5 Å². The third-order valence-corrected chi connectivity index (χ3v) is 3.85. The molecule has 0 aromatic heterocycles. The van der Waals surface area contributed by atoms with E-state index in [1.165, 1.54) is 12.1 Å². The molecule has 2 rings (SSSR count). The molecule has 0 aliphatic heterocycles. The Balaban J connectivity index is 0.000000251. The summed E-state index contributed by atoms with van der Waals surface area (Å²) in [6.07, 6.45) is -1.09. The molecule has 0 saturated carbocycles. The van der Waals surface area contributed by atoms with Crippen LogP contribution in [0.2, 0.25) is 0 Å². The molecule has 0 aliphatic rings. The summed E-state index contributed by atoms with van der Waals surface area (Å²) in [6, 6.07) is 14.0. The van der Waals surface area contributed by atoms with Crippen LogP contribution in [-0.2, 0) is 0 Å². The summed E-state index contributed by atoms with van der Waals surface area (Å²) in [5.74, 6) is -0.395. The molecular weight excluding hydrogens is 320 g/mol. The fourth-order valence-electron chi connectivity index (χ4n) is 2.16. The number of hydrogen-bond acceptors (Lipinski definition) is 6. The first-order valence-corrected chi connectivity index (χ1v) is 8.15. The molecule has 3 atom stereocenters. The van der Waals surface area contributed by atoms with E-state index in [-0.39, 0.29) is 17.5 Å². The van der Waals surface area contributed by atoms with Gasteiger partial charge in [0.25, 0.3) is 0 Å². The van der Waals surface area contributed by atoms with Gasteiger partial charge in [0.05, 0.1) is 12.2 Å². The molecule has 2 aromatic carbocycles. The van der Waals surface area contributed by atoms with Crippen molar-refractivity contribution in [3.05, 3.63) is 59.7 Å². The van der Waals surface area contributed by atoms with Gasteiger partial charge < -0.3 is 31.1 Å². The van der Waals surface area contributed by atoms with Gasteiger partial charge in [-0.3, -0.25) is 0 Å². The van der Waals surface area contributed by atoms with Gasteiger partial charge in [0.15, 0.2) is 11.5 Å². The Kier molecular flexibility index (Phi) is 8.94. The zero-order valence-corrected chi connectivity index (χ0v) is 14.8. The van der Waals surface area contributed by atoms with Crippen LogP contribution in [0.25, 0.3) is 0 Å². The molecule has 0 unspecified atom stereocenters. The third kappa shape index (κ3) is 6.72. The van der Waals surface area contributed by atoms with Crippen molar-refractivity contribution in [2.24, 2.45) is 0 Å². The van der Waals surface area contributed by atoms with Crippen LogP contribution in [0.15, 0.2) is 48.5 Å². The molecule has 0 aliphatic carbocycles. The summed E-state index contributed by atoms with van der Waals surface area (Å²) in [5, 5.41) is 43.2. The summed E-state index contributed by atoms with van der Waals surface area (Å²) in [6.45, 7) is 2.36. The van der Waals surface area contributed by atoms with Crippen molar-refractivity contribution in [1.82, 2.24) is 10.6 Å². The molecule has 6 nitrogen and oxygen atoms in total. The first kappa shape index (κ1) is 20.9. The number of aliphatic hydroxyl groups excluding tert-OH is 2. The smallest absolute Gasteiger partial charge is 0.157 e. The Morgan fingerprint density at radius 1 is 0.880 bits per heavy atom. The number of likely N-dealkylation sites (N-methyl/N-ethyl adjacent to an activating group) is 2. The number of aromatic hydroxyl groups is 2. The summed E-state index contributed by atoms with van der Waals surface area (Å²) in [4.78, 5) is 0. The van der Waals surface area contributed by atoms with Crippen LogP contribution in [0.3, 0.4) is 0 Å². The number of benzene rings is 2. The van der Waals surface area contributed by atoms with Gasteiger partial charge >= 0.3 is 0 Å². The lowest BCUT2D eigenvalue weighted by Crippen LogP contribution is -2.28. The van der Waals surface area contributed by atoms with Gasteiger partial charge in [-0.15, -0.1) is 0 Å². The molecule has 138 valence electrons. The molecule has 2 aromatic rings. The van der Waals surface area contributed by atoms with E-state index < -0.39 is 12.2 Å². The van der Waals surface area contributed by atoms with Crippen LogP contribution < -0.4 is 10.6 Å². The average Bonchev–Trinajstić information content (AvgIpc) is 2.64. The molecule has 0 spiro atoms. The first-order valence-electron chi connectivity index (χ1n) is 8.15. The topological polar surface area (TPSA) is 105 Å². The van der Waals surface area contributed by atoms with Crippen molar-refractivity contribution >= 4 is 0 Å². The minimum Gasteiger partial charge on any atom is -0.504 e. The summed E-state index contributed by atoms with van der Waals surface area (Å²) < 4.78 is 0. The van der Waals surface area contributed by atoms with Gasteiger partial charge in [0.1, 0.15) is 0 Å². The molecule has 6 heteroatoms. The second-order valence-corrected chi connectivity index (χ2v) is 5.75. The lowest BCUT2D eigenvalue weighted by Gasteiger charge is -2.17. The minimum absolute atomic E-state index is 0.0902. The highest BCUT2D eigenvalue weighted by Gasteiger charge is 2.13. The van der Waals surface area contributed by atoms with Gasteiger partial charge in [-0.1, -0.05) is 36.4 Å². The van der Waals surface area contributed by atoms with E-state index in [0.717, 1.165) is 5.56 Å². The van der Waals surface area contributed by atoms with Crippen molar-refractivity contribution in [1.29, 1.82) is 0 Å².